The molecule has 0 aromatic heterocycles. The summed E-state index contributed by atoms with van der Waals surface area (Å²) >= 11 is 3.29. The van der Waals surface area contributed by atoms with E-state index < -0.39 is 5.82 Å². The molecule has 2 N–H and O–H groups in total. The van der Waals surface area contributed by atoms with Crippen molar-refractivity contribution < 1.29 is 9.18 Å². The quantitative estimate of drug-likeness (QED) is 0.911. The average Bonchev–Trinajstić information content (AvgIpc) is 2.41. The van der Waals surface area contributed by atoms with Crippen molar-refractivity contribution in [1.29, 1.82) is 0 Å². The van der Waals surface area contributed by atoms with Crippen LogP contribution in [0.3, 0.4) is 0 Å². The maximum atomic E-state index is 13.2. The zero-order chi connectivity index (χ0) is 13.1. The predicted octanol–water partition coefficient (Wildman–Crippen LogP) is 2.40. The number of nitrogens with zero attached hydrogens (tertiary/aromatic N) is 1. The molecule has 1 aromatic carbocycles. The standard InChI is InChI=1S/C13H16BrFN2O/c14-12-4-3-10(15)6-11(12)13(18)17-5-1-2-9(7-16)8-17/h3-4,6,9H,1-2,5,7-8,16H2. The van der Waals surface area contributed by atoms with Crippen molar-refractivity contribution in [2.45, 2.75) is 12.8 Å². The summed E-state index contributed by atoms with van der Waals surface area (Å²) in [5.74, 6) is -0.163. The highest BCUT2D eigenvalue weighted by Gasteiger charge is 2.25. The van der Waals surface area contributed by atoms with Crippen LogP contribution in [-0.4, -0.2) is 30.4 Å². The fourth-order valence-corrected chi connectivity index (χ4v) is 2.69. The number of hydrogen-bond donors (Lipinski definition) is 1. The number of likely N-dealkylation sites (tertiary alicyclic amines) is 1. The van der Waals surface area contributed by atoms with Gasteiger partial charge in [-0.15, -0.1) is 0 Å². The summed E-state index contributed by atoms with van der Waals surface area (Å²) in [6.45, 7) is 1.98. The first-order chi connectivity index (χ1) is 8.61. The Balaban J connectivity index is 2.17. The Hall–Kier alpha value is -0.940. The number of amides is 1. The van der Waals surface area contributed by atoms with Crippen LogP contribution in [-0.2, 0) is 0 Å². The van der Waals surface area contributed by atoms with Gasteiger partial charge in [-0.1, -0.05) is 0 Å². The van der Waals surface area contributed by atoms with E-state index in [-0.39, 0.29) is 5.91 Å². The van der Waals surface area contributed by atoms with E-state index in [1.807, 2.05) is 0 Å². The van der Waals surface area contributed by atoms with Crippen LogP contribution in [0, 0.1) is 11.7 Å². The molecule has 3 nitrogen and oxygen atoms in total. The van der Waals surface area contributed by atoms with Crippen LogP contribution in [0.2, 0.25) is 0 Å². The monoisotopic (exact) mass is 314 g/mol. The molecule has 5 heteroatoms. The zero-order valence-corrected chi connectivity index (χ0v) is 11.6. The number of hydrogen-bond acceptors (Lipinski definition) is 2. The molecule has 1 aliphatic rings. The molecule has 2 rings (SSSR count). The second kappa shape index (κ2) is 5.80. The Kier molecular flexibility index (Phi) is 4.35. The summed E-state index contributed by atoms with van der Waals surface area (Å²) < 4.78 is 13.8. The molecule has 0 radical (unpaired) electrons. The van der Waals surface area contributed by atoms with Gasteiger partial charge in [-0.2, -0.15) is 0 Å². The van der Waals surface area contributed by atoms with Crippen LogP contribution in [0.1, 0.15) is 23.2 Å². The lowest BCUT2D eigenvalue weighted by Crippen LogP contribution is -2.42. The van der Waals surface area contributed by atoms with Gasteiger partial charge < -0.3 is 10.6 Å². The highest BCUT2D eigenvalue weighted by Crippen LogP contribution is 2.23. The minimum absolute atomic E-state index is 0.125. The lowest BCUT2D eigenvalue weighted by Gasteiger charge is -2.32. The van der Waals surface area contributed by atoms with Crippen LogP contribution in [0.4, 0.5) is 4.39 Å². The molecule has 98 valence electrons. The van der Waals surface area contributed by atoms with Crippen molar-refractivity contribution in [1.82, 2.24) is 4.90 Å². The molecule has 1 aromatic rings. The predicted molar refractivity (Wildman–Crippen MR) is 71.8 cm³/mol. The Bertz CT molecular complexity index is 453. The lowest BCUT2D eigenvalue weighted by atomic mass is 9.97. The number of halogens is 2. The summed E-state index contributed by atoms with van der Waals surface area (Å²) in [5.41, 5.74) is 6.03. The smallest absolute Gasteiger partial charge is 0.255 e. The highest BCUT2D eigenvalue weighted by atomic mass is 79.9. The van der Waals surface area contributed by atoms with Crippen LogP contribution < -0.4 is 5.73 Å². The topological polar surface area (TPSA) is 46.3 Å². The summed E-state index contributed by atoms with van der Waals surface area (Å²) in [4.78, 5) is 14.1. The van der Waals surface area contributed by atoms with E-state index in [4.69, 9.17) is 5.73 Å². The van der Waals surface area contributed by atoms with Crippen LogP contribution in [0.15, 0.2) is 22.7 Å². The molecule has 1 fully saturated rings. The third-order valence-corrected chi connectivity index (χ3v) is 3.99. The largest absolute Gasteiger partial charge is 0.338 e. The molecular weight excluding hydrogens is 299 g/mol. The third-order valence-electron chi connectivity index (χ3n) is 3.30. The van der Waals surface area contributed by atoms with Crippen LogP contribution >= 0.6 is 15.9 Å². The van der Waals surface area contributed by atoms with Crippen molar-refractivity contribution in [2.24, 2.45) is 11.7 Å². The Labute approximate surface area is 114 Å². The maximum Gasteiger partial charge on any atom is 0.255 e. The summed E-state index contributed by atoms with van der Waals surface area (Å²) in [5, 5.41) is 0. The number of carbonyl (C=O) groups excluding carboxylic acids is 1. The number of carbonyl (C=O) groups is 1. The maximum absolute atomic E-state index is 13.2. The average molecular weight is 315 g/mol. The van der Waals surface area contributed by atoms with Gasteiger partial charge in [0.15, 0.2) is 0 Å². The first kappa shape index (κ1) is 13.5. The Morgan fingerprint density at radius 1 is 1.56 bits per heavy atom. The molecule has 1 aliphatic heterocycles. The van der Waals surface area contributed by atoms with E-state index in [0.717, 1.165) is 19.4 Å². The van der Waals surface area contributed by atoms with Crippen molar-refractivity contribution in [3.05, 3.63) is 34.1 Å². The second-order valence-electron chi connectivity index (χ2n) is 4.62. The molecule has 1 atom stereocenters. The molecule has 1 heterocycles. The van der Waals surface area contributed by atoms with Crippen LogP contribution in [0.5, 0.6) is 0 Å². The van der Waals surface area contributed by atoms with Gasteiger partial charge in [0, 0.05) is 17.6 Å². The molecule has 18 heavy (non-hydrogen) atoms. The molecular formula is C13H16BrFN2O. The third kappa shape index (κ3) is 2.90. The van der Waals surface area contributed by atoms with Crippen molar-refractivity contribution in [2.75, 3.05) is 19.6 Å². The van der Waals surface area contributed by atoms with E-state index in [2.05, 4.69) is 15.9 Å². The van der Waals surface area contributed by atoms with E-state index >= 15 is 0 Å². The fraction of sp³-hybridized carbons (Fsp3) is 0.462. The molecule has 0 spiro atoms. The fourth-order valence-electron chi connectivity index (χ4n) is 2.27. The SMILES string of the molecule is NCC1CCCN(C(=O)c2cc(F)ccc2Br)C1. The van der Waals surface area contributed by atoms with Crippen molar-refractivity contribution in [3.63, 3.8) is 0 Å². The molecule has 0 bridgehead atoms. The number of benzene rings is 1. The first-order valence-corrected chi connectivity index (χ1v) is 6.85. The number of piperidine rings is 1. The Morgan fingerprint density at radius 2 is 2.33 bits per heavy atom. The van der Waals surface area contributed by atoms with Gasteiger partial charge in [0.2, 0.25) is 0 Å². The van der Waals surface area contributed by atoms with Gasteiger partial charge >= 0.3 is 0 Å². The minimum atomic E-state index is -0.395. The first-order valence-electron chi connectivity index (χ1n) is 6.06. The number of rotatable bonds is 2. The summed E-state index contributed by atoms with van der Waals surface area (Å²) in [6, 6.07) is 4.17. The highest BCUT2D eigenvalue weighted by molar-refractivity contribution is 9.10. The molecule has 1 saturated heterocycles. The summed E-state index contributed by atoms with van der Waals surface area (Å²) in [6.07, 6.45) is 2.02. The Morgan fingerprint density at radius 3 is 3.06 bits per heavy atom. The van der Waals surface area contributed by atoms with E-state index in [1.54, 1.807) is 11.0 Å². The zero-order valence-electron chi connectivity index (χ0n) is 10.0. The van der Waals surface area contributed by atoms with Crippen molar-refractivity contribution in [3.8, 4) is 0 Å². The summed E-state index contributed by atoms with van der Waals surface area (Å²) in [7, 11) is 0. The molecule has 0 saturated carbocycles. The van der Waals surface area contributed by atoms with Gasteiger partial charge in [-0.25, -0.2) is 4.39 Å². The van der Waals surface area contributed by atoms with Gasteiger partial charge in [0.25, 0.3) is 5.91 Å². The molecule has 0 aliphatic carbocycles. The van der Waals surface area contributed by atoms with E-state index in [1.165, 1.54) is 12.1 Å². The lowest BCUT2D eigenvalue weighted by molar-refractivity contribution is 0.0676. The van der Waals surface area contributed by atoms with Gasteiger partial charge in [-0.05, 0) is 59.4 Å². The van der Waals surface area contributed by atoms with Gasteiger partial charge in [0.1, 0.15) is 5.82 Å². The van der Waals surface area contributed by atoms with Crippen LogP contribution in [0.25, 0.3) is 0 Å². The molecule has 1 unspecified atom stereocenters. The van der Waals surface area contributed by atoms with E-state index in [9.17, 15) is 9.18 Å². The minimum Gasteiger partial charge on any atom is -0.338 e. The second-order valence-corrected chi connectivity index (χ2v) is 5.47. The van der Waals surface area contributed by atoms with E-state index in [0.29, 0.717) is 29.0 Å². The number of nitrogens with two attached hydrogens (primary N) is 1. The van der Waals surface area contributed by atoms with Gasteiger partial charge in [-0.3, -0.25) is 4.79 Å². The molecule has 1 amide bonds. The van der Waals surface area contributed by atoms with Gasteiger partial charge in [0.05, 0.1) is 5.56 Å². The van der Waals surface area contributed by atoms with Crippen molar-refractivity contribution >= 4 is 21.8 Å². The normalized spacial score (nSPS) is 19.9.